The van der Waals surface area contributed by atoms with Gasteiger partial charge in [-0.2, -0.15) is 5.10 Å². The molecule has 0 saturated carbocycles. The number of carbonyl (C=O) groups excluding carboxylic acids is 1. The van der Waals surface area contributed by atoms with Gasteiger partial charge in [0, 0.05) is 36.9 Å². The summed E-state index contributed by atoms with van der Waals surface area (Å²) in [5.74, 6) is 1.60. The number of anilines is 1. The Bertz CT molecular complexity index is 1330. The maximum atomic E-state index is 13.1. The molecule has 2 aromatic heterocycles. The van der Waals surface area contributed by atoms with Crippen molar-refractivity contribution in [3.8, 4) is 11.4 Å². The molecule has 1 fully saturated rings. The van der Waals surface area contributed by atoms with Crippen molar-refractivity contribution in [3.05, 3.63) is 95.4 Å². The van der Waals surface area contributed by atoms with Gasteiger partial charge >= 0.3 is 0 Å². The van der Waals surface area contributed by atoms with E-state index in [1.54, 1.807) is 0 Å². The summed E-state index contributed by atoms with van der Waals surface area (Å²) in [6.07, 6.45) is 1.65. The topological polar surface area (TPSA) is 55.1 Å². The molecule has 3 heterocycles. The van der Waals surface area contributed by atoms with E-state index in [2.05, 4.69) is 108 Å². The van der Waals surface area contributed by atoms with E-state index in [0.29, 0.717) is 12.5 Å². The van der Waals surface area contributed by atoms with Gasteiger partial charge in [-0.15, -0.1) is 0 Å². The molecule has 0 spiro atoms. The van der Waals surface area contributed by atoms with E-state index in [0.717, 1.165) is 48.8 Å². The molecule has 1 aliphatic heterocycles. The fourth-order valence-electron chi connectivity index (χ4n) is 5.47. The van der Waals surface area contributed by atoms with Crippen molar-refractivity contribution in [2.45, 2.75) is 46.5 Å². The first-order chi connectivity index (χ1) is 17.9. The highest BCUT2D eigenvalue weighted by atomic mass is 16.1. The Labute approximate surface area is 219 Å². The highest BCUT2D eigenvalue weighted by Crippen LogP contribution is 2.35. The number of amides is 1. The second-order valence-corrected chi connectivity index (χ2v) is 10.3. The maximum absolute atomic E-state index is 13.1. The third-order valence-corrected chi connectivity index (χ3v) is 7.62. The lowest BCUT2D eigenvalue weighted by atomic mass is 9.95. The van der Waals surface area contributed by atoms with Crippen LogP contribution in [0.5, 0.6) is 0 Å². The van der Waals surface area contributed by atoms with Crippen LogP contribution in [0.15, 0.2) is 72.8 Å². The van der Waals surface area contributed by atoms with Gasteiger partial charge in [-0.3, -0.25) is 4.79 Å². The van der Waals surface area contributed by atoms with E-state index in [9.17, 15) is 4.79 Å². The van der Waals surface area contributed by atoms with Crippen LogP contribution < -0.4 is 10.2 Å². The number of hydrogen-bond acceptors (Lipinski definition) is 3. The molecule has 4 aromatic rings. The Morgan fingerprint density at radius 1 is 0.919 bits per heavy atom. The Kier molecular flexibility index (Phi) is 7.17. The molecule has 1 atom stereocenters. The minimum Gasteiger partial charge on any atom is -0.355 e. The Morgan fingerprint density at radius 2 is 1.51 bits per heavy atom. The summed E-state index contributed by atoms with van der Waals surface area (Å²) < 4.78 is 4.38. The number of rotatable bonds is 7. The highest BCUT2D eigenvalue weighted by Gasteiger charge is 2.30. The number of para-hydroxylation sites is 1. The first-order valence-electron chi connectivity index (χ1n) is 13.3. The number of aryl methyl sites for hydroxylation is 3. The van der Waals surface area contributed by atoms with Gasteiger partial charge in [0.2, 0.25) is 5.91 Å². The predicted octanol–water partition coefficient (Wildman–Crippen LogP) is 5.72. The number of carbonyl (C=O) groups is 1. The van der Waals surface area contributed by atoms with Crippen LogP contribution in [0.25, 0.3) is 11.4 Å². The molecule has 0 unspecified atom stereocenters. The Hall–Kier alpha value is -3.80. The molecule has 0 aliphatic carbocycles. The van der Waals surface area contributed by atoms with E-state index < -0.39 is 0 Å². The smallest absolute Gasteiger partial charge is 0.223 e. The van der Waals surface area contributed by atoms with Crippen LogP contribution in [0.3, 0.4) is 0 Å². The minimum absolute atomic E-state index is 0.0342. The summed E-state index contributed by atoms with van der Waals surface area (Å²) in [7, 11) is 0. The Morgan fingerprint density at radius 3 is 2.14 bits per heavy atom. The van der Waals surface area contributed by atoms with E-state index in [1.165, 1.54) is 17.0 Å². The zero-order valence-corrected chi connectivity index (χ0v) is 22.3. The number of nitrogens with zero attached hydrogens (tertiary/aromatic N) is 4. The van der Waals surface area contributed by atoms with Crippen LogP contribution >= 0.6 is 0 Å². The molecule has 0 bridgehead atoms. The lowest BCUT2D eigenvalue weighted by Crippen LogP contribution is -2.42. The van der Waals surface area contributed by atoms with Crippen molar-refractivity contribution >= 4 is 11.7 Å². The maximum Gasteiger partial charge on any atom is 0.223 e. The summed E-state index contributed by atoms with van der Waals surface area (Å²) >= 11 is 0. The van der Waals surface area contributed by atoms with Gasteiger partial charge < -0.3 is 14.8 Å². The molecule has 37 heavy (non-hydrogen) atoms. The number of benzene rings is 2. The zero-order valence-electron chi connectivity index (χ0n) is 22.3. The highest BCUT2D eigenvalue weighted by molar-refractivity contribution is 5.79. The lowest BCUT2D eigenvalue weighted by Gasteiger charge is -2.34. The van der Waals surface area contributed by atoms with Crippen LogP contribution in [0, 0.1) is 26.7 Å². The molecule has 192 valence electrons. The zero-order chi connectivity index (χ0) is 25.9. The van der Waals surface area contributed by atoms with Crippen molar-refractivity contribution in [1.29, 1.82) is 0 Å². The van der Waals surface area contributed by atoms with Crippen LogP contribution in [-0.4, -0.2) is 39.9 Å². The van der Waals surface area contributed by atoms with Gasteiger partial charge in [-0.25, -0.2) is 4.68 Å². The van der Waals surface area contributed by atoms with E-state index in [1.807, 2.05) is 12.1 Å². The molecule has 1 amide bonds. The molecule has 6 nitrogen and oxygen atoms in total. The number of aromatic nitrogens is 3. The molecule has 1 N–H and O–H groups in total. The molecule has 2 aromatic carbocycles. The van der Waals surface area contributed by atoms with Gasteiger partial charge in [-0.1, -0.05) is 55.5 Å². The number of hydrogen-bond donors (Lipinski definition) is 1. The monoisotopic (exact) mass is 495 g/mol. The van der Waals surface area contributed by atoms with Crippen LogP contribution in [-0.2, 0) is 4.79 Å². The molecule has 6 heteroatoms. The fraction of sp³-hybridized carbons (Fsp3) is 0.355. The van der Waals surface area contributed by atoms with Crippen molar-refractivity contribution < 1.29 is 4.79 Å². The normalized spacial score (nSPS) is 15.1. The van der Waals surface area contributed by atoms with Crippen molar-refractivity contribution in [1.82, 2.24) is 19.7 Å². The van der Waals surface area contributed by atoms with Crippen LogP contribution in [0.4, 0.5) is 5.82 Å². The van der Waals surface area contributed by atoms with Gasteiger partial charge in [0.15, 0.2) is 5.82 Å². The fourth-order valence-corrected chi connectivity index (χ4v) is 5.47. The standard InChI is InChI=1S/C31H37N5O/c1-22(26-11-7-5-8-12-26)21-32-30(37)27-17-19-34(20-18-27)31-29(35-23(2)15-16-24(35)3)25(4)33-36(31)28-13-9-6-10-14-28/h5-16,22,27H,17-21H2,1-4H3,(H,32,37)/t22-/m1/s1. The largest absolute Gasteiger partial charge is 0.355 e. The summed E-state index contributed by atoms with van der Waals surface area (Å²) in [5.41, 5.74) is 6.81. The van der Waals surface area contributed by atoms with Crippen molar-refractivity contribution in [2.24, 2.45) is 5.92 Å². The van der Waals surface area contributed by atoms with Gasteiger partial charge in [-0.05, 0) is 69.4 Å². The van der Waals surface area contributed by atoms with Crippen molar-refractivity contribution in [3.63, 3.8) is 0 Å². The van der Waals surface area contributed by atoms with Crippen LogP contribution in [0.1, 0.15) is 48.3 Å². The first-order valence-corrected chi connectivity index (χ1v) is 13.3. The molecule has 5 rings (SSSR count). The van der Waals surface area contributed by atoms with Crippen LogP contribution in [0.2, 0.25) is 0 Å². The molecular weight excluding hydrogens is 458 g/mol. The average molecular weight is 496 g/mol. The number of nitrogens with one attached hydrogen (secondary N) is 1. The molecule has 1 aliphatic rings. The second-order valence-electron chi connectivity index (χ2n) is 10.3. The summed E-state index contributed by atoms with van der Waals surface area (Å²) in [5, 5.41) is 8.22. The van der Waals surface area contributed by atoms with E-state index >= 15 is 0 Å². The summed E-state index contributed by atoms with van der Waals surface area (Å²) in [6, 6.07) is 25.0. The van der Waals surface area contributed by atoms with E-state index in [-0.39, 0.29) is 11.8 Å². The third kappa shape index (κ3) is 5.06. The quantitative estimate of drug-likeness (QED) is 0.357. The van der Waals surface area contributed by atoms with Crippen molar-refractivity contribution in [2.75, 3.05) is 24.5 Å². The molecular formula is C31H37N5O. The first kappa shape index (κ1) is 24.9. The minimum atomic E-state index is 0.0342. The second kappa shape index (κ2) is 10.7. The SMILES string of the molecule is Cc1nn(-c2ccccc2)c(N2CCC(C(=O)NC[C@@H](C)c3ccccc3)CC2)c1-n1c(C)ccc1C. The molecule has 1 saturated heterocycles. The molecule has 0 radical (unpaired) electrons. The average Bonchev–Trinajstić information content (AvgIpc) is 3.45. The van der Waals surface area contributed by atoms with Gasteiger partial charge in [0.25, 0.3) is 0 Å². The summed E-state index contributed by atoms with van der Waals surface area (Å²) in [6.45, 7) is 10.8. The van der Waals surface area contributed by atoms with E-state index in [4.69, 9.17) is 5.10 Å². The number of piperidine rings is 1. The Balaban J connectivity index is 1.35. The summed E-state index contributed by atoms with van der Waals surface area (Å²) in [4.78, 5) is 15.5. The predicted molar refractivity (Wildman–Crippen MR) is 150 cm³/mol. The lowest BCUT2D eigenvalue weighted by molar-refractivity contribution is -0.125. The van der Waals surface area contributed by atoms with Gasteiger partial charge in [0.1, 0.15) is 5.69 Å². The van der Waals surface area contributed by atoms with Gasteiger partial charge in [0.05, 0.1) is 11.4 Å². The third-order valence-electron chi connectivity index (χ3n) is 7.62.